The lowest BCUT2D eigenvalue weighted by Gasteiger charge is -2.35. The maximum atomic E-state index is 13.9. The third-order valence-electron chi connectivity index (χ3n) is 8.38. The van der Waals surface area contributed by atoms with Gasteiger partial charge in [-0.2, -0.15) is 0 Å². The van der Waals surface area contributed by atoms with Crippen LogP contribution in [0.5, 0.6) is 0 Å². The van der Waals surface area contributed by atoms with Crippen LogP contribution >= 0.6 is 0 Å². The second-order valence-corrected chi connectivity index (χ2v) is 13.6. The van der Waals surface area contributed by atoms with Crippen molar-refractivity contribution in [1.29, 1.82) is 0 Å². The first-order chi connectivity index (χ1) is 19.3. The van der Waals surface area contributed by atoms with Crippen molar-refractivity contribution in [3.05, 3.63) is 78.1 Å². The van der Waals surface area contributed by atoms with Crippen LogP contribution in [0.1, 0.15) is 43.6 Å². The van der Waals surface area contributed by atoms with E-state index in [0.717, 1.165) is 5.56 Å². The monoisotopic (exact) mass is 573 g/mol. The number of aryl methyl sites for hydroxylation is 1. The van der Waals surface area contributed by atoms with E-state index in [0.29, 0.717) is 40.6 Å². The number of nitrogens with zero attached hydrogens (tertiary/aromatic N) is 3. The number of hydrogen-bond acceptors (Lipinski definition) is 7. The van der Waals surface area contributed by atoms with Crippen molar-refractivity contribution in [2.75, 3.05) is 13.1 Å². The molecule has 41 heavy (non-hydrogen) atoms. The molecule has 0 radical (unpaired) electrons. The molecule has 0 aliphatic carbocycles. The molecule has 0 bridgehead atoms. The predicted molar refractivity (Wildman–Crippen MR) is 157 cm³/mol. The second-order valence-electron chi connectivity index (χ2n) is 11.8. The van der Waals surface area contributed by atoms with Crippen molar-refractivity contribution in [2.45, 2.75) is 56.8 Å². The van der Waals surface area contributed by atoms with Crippen molar-refractivity contribution in [3.63, 3.8) is 0 Å². The Morgan fingerprint density at radius 1 is 1.02 bits per heavy atom. The Morgan fingerprint density at radius 2 is 1.66 bits per heavy atom. The summed E-state index contributed by atoms with van der Waals surface area (Å²) in [4.78, 5) is 19.1. The van der Waals surface area contributed by atoms with Crippen molar-refractivity contribution in [3.8, 4) is 11.1 Å². The molecule has 6 rings (SSSR count). The fourth-order valence-electron chi connectivity index (χ4n) is 5.16. The maximum absolute atomic E-state index is 13.9. The average Bonchev–Trinajstić information content (AvgIpc) is 3.40. The summed E-state index contributed by atoms with van der Waals surface area (Å²) in [5.41, 5.74) is 2.33. The van der Waals surface area contributed by atoms with Crippen molar-refractivity contribution in [2.24, 2.45) is 0 Å². The van der Waals surface area contributed by atoms with E-state index in [1.165, 1.54) is 3.97 Å². The highest BCUT2D eigenvalue weighted by Crippen LogP contribution is 2.37. The van der Waals surface area contributed by atoms with Crippen LogP contribution in [0, 0.1) is 6.92 Å². The quantitative estimate of drug-likeness (QED) is 0.365. The van der Waals surface area contributed by atoms with E-state index in [4.69, 9.17) is 9.31 Å². The van der Waals surface area contributed by atoms with Crippen LogP contribution in [0.15, 0.2) is 71.9 Å². The number of carbonyl (C=O) groups excluding carboxylic acids is 1. The van der Waals surface area contributed by atoms with Crippen LogP contribution in [-0.4, -0.2) is 70.8 Å². The fraction of sp³-hybridized carbons (Fsp3) is 0.333. The summed E-state index contributed by atoms with van der Waals surface area (Å²) in [6.45, 7) is 10.3. The van der Waals surface area contributed by atoms with Gasteiger partial charge in [-0.1, -0.05) is 30.3 Å². The Bertz CT molecular complexity index is 1760. The average molecular weight is 573 g/mol. The number of fused-ring (bicyclic) bond motifs is 1. The molecule has 4 heterocycles. The molecule has 2 aromatic heterocycles. The molecular weight excluding hydrogens is 541 g/mol. The molecule has 1 N–H and O–H groups in total. The Balaban J connectivity index is 1.47. The smallest absolute Gasteiger partial charge is 0.399 e. The van der Waals surface area contributed by atoms with Crippen molar-refractivity contribution in [1.82, 2.24) is 13.9 Å². The minimum Gasteiger partial charge on any atom is -0.399 e. The molecular formula is C30H32BN3O6S. The Labute approximate surface area is 239 Å². The van der Waals surface area contributed by atoms with Crippen LogP contribution in [0.3, 0.4) is 0 Å². The highest BCUT2D eigenvalue weighted by atomic mass is 32.2. The number of aromatic nitrogens is 2. The molecule has 2 aromatic carbocycles. The Kier molecular flexibility index (Phi) is 6.42. The summed E-state index contributed by atoms with van der Waals surface area (Å²) in [5, 5.41) is 10.2. The molecule has 2 aliphatic rings. The van der Waals surface area contributed by atoms with Gasteiger partial charge in [0.05, 0.1) is 22.2 Å². The van der Waals surface area contributed by atoms with E-state index in [1.54, 1.807) is 72.7 Å². The van der Waals surface area contributed by atoms with Gasteiger partial charge in [-0.05, 0) is 70.0 Å². The van der Waals surface area contributed by atoms with Crippen LogP contribution < -0.4 is 5.46 Å². The summed E-state index contributed by atoms with van der Waals surface area (Å²) in [6.07, 6.45) is 2.70. The summed E-state index contributed by atoms with van der Waals surface area (Å²) < 4.78 is 41.5. The first-order valence-corrected chi connectivity index (χ1v) is 15.0. The third kappa shape index (κ3) is 4.57. The normalized spacial score (nSPS) is 18.6. The maximum Gasteiger partial charge on any atom is 0.496 e. The number of pyridine rings is 1. The number of aliphatic hydroxyl groups excluding tert-OH is 1. The van der Waals surface area contributed by atoms with Gasteiger partial charge in [0, 0.05) is 47.5 Å². The summed E-state index contributed by atoms with van der Waals surface area (Å²) in [6, 6.07) is 15.7. The van der Waals surface area contributed by atoms with Gasteiger partial charge >= 0.3 is 7.12 Å². The van der Waals surface area contributed by atoms with E-state index in [1.807, 2.05) is 33.8 Å². The molecule has 0 spiro atoms. The summed E-state index contributed by atoms with van der Waals surface area (Å²) in [7, 11) is -4.65. The molecule has 9 nitrogen and oxygen atoms in total. The zero-order chi connectivity index (χ0) is 29.3. The van der Waals surface area contributed by atoms with Gasteiger partial charge in [0.1, 0.15) is 0 Å². The van der Waals surface area contributed by atoms with Gasteiger partial charge in [-0.25, -0.2) is 17.4 Å². The van der Waals surface area contributed by atoms with Gasteiger partial charge in [0.25, 0.3) is 15.9 Å². The molecule has 2 aliphatic heterocycles. The number of likely N-dealkylation sites (tertiary alicyclic amines) is 1. The molecule has 0 atom stereocenters. The molecule has 0 unspecified atom stereocenters. The molecule has 2 fully saturated rings. The van der Waals surface area contributed by atoms with Crippen LogP contribution in [0.4, 0.5) is 0 Å². The third-order valence-corrected chi connectivity index (χ3v) is 10.2. The fourth-order valence-corrected chi connectivity index (χ4v) is 6.72. The Hall–Kier alpha value is -3.51. The Morgan fingerprint density at radius 3 is 2.27 bits per heavy atom. The lowest BCUT2D eigenvalue weighted by atomic mass is 9.79. The van der Waals surface area contributed by atoms with Crippen LogP contribution in [0.2, 0.25) is 0 Å². The number of β-amino-alcohol motifs (C(OH)–C–C–N with tert-alkyl or cyclic N) is 1. The van der Waals surface area contributed by atoms with Gasteiger partial charge in [0.2, 0.25) is 0 Å². The van der Waals surface area contributed by atoms with E-state index in [9.17, 15) is 18.3 Å². The molecule has 2 saturated heterocycles. The lowest BCUT2D eigenvalue weighted by Crippen LogP contribution is -2.53. The number of hydrogen-bond donors (Lipinski definition) is 1. The van der Waals surface area contributed by atoms with Gasteiger partial charge in [0.15, 0.2) is 5.65 Å². The number of rotatable bonds is 5. The van der Waals surface area contributed by atoms with E-state index < -0.39 is 34.4 Å². The molecule has 4 aromatic rings. The first kappa shape index (κ1) is 27.7. The zero-order valence-electron chi connectivity index (χ0n) is 23.7. The number of benzene rings is 2. The van der Waals surface area contributed by atoms with Gasteiger partial charge < -0.3 is 19.3 Å². The van der Waals surface area contributed by atoms with E-state index in [2.05, 4.69) is 4.98 Å². The second kappa shape index (κ2) is 9.52. The number of amides is 1. The topological polar surface area (TPSA) is 111 Å². The van der Waals surface area contributed by atoms with Gasteiger partial charge in [-0.3, -0.25) is 4.79 Å². The highest BCUT2D eigenvalue weighted by Gasteiger charge is 2.52. The van der Waals surface area contributed by atoms with Crippen LogP contribution in [0.25, 0.3) is 22.2 Å². The van der Waals surface area contributed by atoms with E-state index in [-0.39, 0.29) is 16.4 Å². The predicted octanol–water partition coefficient (Wildman–Crippen LogP) is 3.36. The lowest BCUT2D eigenvalue weighted by molar-refractivity contribution is 0.00578. The number of carbonyl (C=O) groups is 1. The van der Waals surface area contributed by atoms with Crippen molar-refractivity contribution < 1.29 is 27.6 Å². The largest absolute Gasteiger partial charge is 0.496 e. The minimum absolute atomic E-state index is 0.156. The summed E-state index contributed by atoms with van der Waals surface area (Å²) in [5.74, 6) is -0.156. The highest BCUT2D eigenvalue weighted by molar-refractivity contribution is 7.90. The number of aliphatic hydroxyl groups is 1. The van der Waals surface area contributed by atoms with Crippen molar-refractivity contribution >= 4 is 39.5 Å². The molecule has 1 amide bonds. The zero-order valence-corrected chi connectivity index (χ0v) is 24.5. The molecule has 212 valence electrons. The SMILES string of the molecule is Cc1ccccc1S(=O)(=O)n1cc(-c2ccc(C(=O)N3CC(O)C3)cc2)c2cc(B3OC(C)(C)C(C)(C)O3)cnc21. The first-order valence-electron chi connectivity index (χ1n) is 13.5. The molecule has 0 saturated carbocycles. The minimum atomic E-state index is -3.98. The summed E-state index contributed by atoms with van der Waals surface area (Å²) >= 11 is 0. The molecule has 11 heteroatoms. The van der Waals surface area contributed by atoms with E-state index >= 15 is 0 Å². The van der Waals surface area contributed by atoms with Gasteiger partial charge in [-0.15, -0.1) is 0 Å². The standard InChI is InChI=1S/C30H32BN3O6S/c1-19-8-6-7-9-26(19)41(37,38)34-18-25(20-10-12-21(13-11-20)28(36)33-16-23(35)17-33)24-14-22(15-32-27(24)34)31-39-29(2,3)30(4,5)40-31/h6-15,18,23,35H,16-17H2,1-5H3. The van der Waals surface area contributed by atoms with Crippen LogP contribution in [-0.2, 0) is 19.3 Å².